The first-order valence-corrected chi connectivity index (χ1v) is 8.10. The molecule has 2 N–H and O–H groups in total. The molecular weight excluding hydrogens is 318 g/mol. The molecule has 0 fully saturated rings. The Morgan fingerprint density at radius 3 is 2.64 bits per heavy atom. The maximum absolute atomic E-state index is 12.6. The van der Waals surface area contributed by atoms with Gasteiger partial charge in [-0.05, 0) is 38.1 Å². The maximum atomic E-state index is 12.6. The lowest BCUT2D eigenvalue weighted by Crippen LogP contribution is -2.41. The van der Waals surface area contributed by atoms with Gasteiger partial charge in [-0.15, -0.1) is 0 Å². The highest BCUT2D eigenvalue weighted by Crippen LogP contribution is 2.18. The molecule has 25 heavy (non-hydrogen) atoms. The average molecular weight is 343 g/mol. The maximum Gasteiger partial charge on any atom is 0.244 e. The van der Waals surface area contributed by atoms with Crippen molar-refractivity contribution in [2.75, 3.05) is 26.0 Å². The van der Waals surface area contributed by atoms with Crippen LogP contribution in [0.5, 0.6) is 0 Å². The van der Waals surface area contributed by atoms with E-state index in [-0.39, 0.29) is 18.4 Å². The summed E-state index contributed by atoms with van der Waals surface area (Å²) in [4.78, 5) is 26.4. The van der Waals surface area contributed by atoms with E-state index in [1.807, 2.05) is 32.0 Å². The first-order chi connectivity index (χ1) is 11.8. The zero-order valence-electron chi connectivity index (χ0n) is 15.3. The summed E-state index contributed by atoms with van der Waals surface area (Å²) < 4.78 is 1.64. The molecule has 0 aliphatic heterocycles. The van der Waals surface area contributed by atoms with Crippen LogP contribution in [0.4, 0.5) is 5.69 Å². The Labute approximate surface area is 148 Å². The van der Waals surface area contributed by atoms with E-state index in [1.165, 1.54) is 4.90 Å². The number of hydrogen-bond donors (Lipinski definition) is 2. The summed E-state index contributed by atoms with van der Waals surface area (Å²) >= 11 is 0. The standard InChI is InChI=1S/C18H25N5O2/c1-12-7-6-8-15(13(12)2)21-16(24)11-22(4)18(25)17(19-3)14-9-20-23(5)10-14/h6-10,17,19H,11H2,1-5H3,(H,21,24). The van der Waals surface area contributed by atoms with Gasteiger partial charge in [0.2, 0.25) is 11.8 Å². The van der Waals surface area contributed by atoms with E-state index in [4.69, 9.17) is 0 Å². The van der Waals surface area contributed by atoms with Crippen LogP contribution in [-0.2, 0) is 16.6 Å². The van der Waals surface area contributed by atoms with Gasteiger partial charge in [-0.1, -0.05) is 12.1 Å². The number of hydrogen-bond acceptors (Lipinski definition) is 4. The first-order valence-electron chi connectivity index (χ1n) is 8.10. The van der Waals surface area contributed by atoms with Crippen LogP contribution in [0.15, 0.2) is 30.6 Å². The van der Waals surface area contributed by atoms with Gasteiger partial charge < -0.3 is 15.5 Å². The molecule has 1 unspecified atom stereocenters. The summed E-state index contributed by atoms with van der Waals surface area (Å²) in [7, 11) is 5.12. The molecule has 7 nitrogen and oxygen atoms in total. The molecule has 0 radical (unpaired) electrons. The number of aromatic nitrogens is 2. The molecule has 2 aromatic rings. The Kier molecular flexibility index (Phi) is 5.93. The third-order valence-corrected chi connectivity index (χ3v) is 4.23. The summed E-state index contributed by atoms with van der Waals surface area (Å²) in [5.74, 6) is -0.419. The Balaban J connectivity index is 2.02. The van der Waals surface area contributed by atoms with Crippen molar-refractivity contribution in [3.63, 3.8) is 0 Å². The average Bonchev–Trinajstić information content (AvgIpc) is 2.98. The Hall–Kier alpha value is -2.67. The van der Waals surface area contributed by atoms with Crippen LogP contribution in [0.3, 0.4) is 0 Å². The second-order valence-corrected chi connectivity index (χ2v) is 6.16. The third-order valence-electron chi connectivity index (χ3n) is 4.23. The number of likely N-dealkylation sites (N-methyl/N-ethyl adjacent to an activating group) is 2. The Morgan fingerprint density at radius 1 is 1.32 bits per heavy atom. The number of carbonyl (C=O) groups is 2. The van der Waals surface area contributed by atoms with Gasteiger partial charge in [-0.3, -0.25) is 14.3 Å². The van der Waals surface area contributed by atoms with Crippen molar-refractivity contribution in [1.29, 1.82) is 0 Å². The number of aryl methyl sites for hydroxylation is 2. The van der Waals surface area contributed by atoms with E-state index in [0.717, 1.165) is 22.4 Å². The van der Waals surface area contributed by atoms with Gasteiger partial charge in [0.1, 0.15) is 6.04 Å². The lowest BCUT2D eigenvalue weighted by molar-refractivity contribution is -0.135. The van der Waals surface area contributed by atoms with Crippen LogP contribution in [0.25, 0.3) is 0 Å². The predicted molar refractivity (Wildman–Crippen MR) is 97.2 cm³/mol. The highest BCUT2D eigenvalue weighted by molar-refractivity contribution is 5.96. The number of rotatable bonds is 6. The van der Waals surface area contributed by atoms with Crippen molar-refractivity contribution in [1.82, 2.24) is 20.0 Å². The summed E-state index contributed by atoms with van der Waals surface area (Å²) in [5, 5.41) is 9.93. The molecule has 134 valence electrons. The van der Waals surface area contributed by atoms with Crippen LogP contribution in [0, 0.1) is 13.8 Å². The van der Waals surface area contributed by atoms with Gasteiger partial charge in [0, 0.05) is 31.5 Å². The second-order valence-electron chi connectivity index (χ2n) is 6.16. The molecule has 0 saturated heterocycles. The number of nitrogens with zero attached hydrogens (tertiary/aromatic N) is 3. The van der Waals surface area contributed by atoms with E-state index >= 15 is 0 Å². The van der Waals surface area contributed by atoms with Crippen molar-refractivity contribution in [2.24, 2.45) is 7.05 Å². The number of amides is 2. The molecule has 7 heteroatoms. The van der Waals surface area contributed by atoms with Crippen molar-refractivity contribution in [2.45, 2.75) is 19.9 Å². The van der Waals surface area contributed by atoms with Crippen molar-refractivity contribution in [3.05, 3.63) is 47.3 Å². The second kappa shape index (κ2) is 7.94. The van der Waals surface area contributed by atoms with Gasteiger partial charge in [-0.2, -0.15) is 5.10 Å². The van der Waals surface area contributed by atoms with Gasteiger partial charge in [0.25, 0.3) is 0 Å². The van der Waals surface area contributed by atoms with Crippen LogP contribution in [0.1, 0.15) is 22.7 Å². The molecule has 1 aromatic carbocycles. The molecule has 0 aliphatic carbocycles. The molecule has 1 atom stereocenters. The molecule has 0 saturated carbocycles. The van der Waals surface area contributed by atoms with Crippen molar-refractivity contribution in [3.8, 4) is 0 Å². The van der Waals surface area contributed by atoms with Crippen LogP contribution < -0.4 is 10.6 Å². The monoisotopic (exact) mass is 343 g/mol. The predicted octanol–water partition coefficient (Wildman–Crippen LogP) is 1.39. The van der Waals surface area contributed by atoms with E-state index in [0.29, 0.717) is 0 Å². The smallest absolute Gasteiger partial charge is 0.244 e. The van der Waals surface area contributed by atoms with Crippen molar-refractivity contribution < 1.29 is 9.59 Å². The van der Waals surface area contributed by atoms with E-state index in [1.54, 1.807) is 38.2 Å². The lowest BCUT2D eigenvalue weighted by atomic mass is 10.1. The number of carbonyl (C=O) groups excluding carboxylic acids is 2. The molecule has 1 aromatic heterocycles. The topological polar surface area (TPSA) is 79.3 Å². The van der Waals surface area contributed by atoms with Gasteiger partial charge in [0.05, 0.1) is 12.7 Å². The number of nitrogens with one attached hydrogen (secondary N) is 2. The highest BCUT2D eigenvalue weighted by atomic mass is 16.2. The van der Waals surface area contributed by atoms with Gasteiger partial charge >= 0.3 is 0 Å². The molecule has 2 rings (SSSR count). The molecule has 0 aliphatic rings. The van der Waals surface area contributed by atoms with Crippen LogP contribution in [0.2, 0.25) is 0 Å². The lowest BCUT2D eigenvalue weighted by Gasteiger charge is -2.22. The van der Waals surface area contributed by atoms with E-state index in [2.05, 4.69) is 15.7 Å². The van der Waals surface area contributed by atoms with E-state index < -0.39 is 6.04 Å². The summed E-state index contributed by atoms with van der Waals surface area (Å²) in [6.07, 6.45) is 3.42. The minimum atomic E-state index is -0.535. The number of anilines is 1. The fourth-order valence-corrected chi connectivity index (χ4v) is 2.61. The summed E-state index contributed by atoms with van der Waals surface area (Å²) in [6, 6.07) is 5.21. The Bertz CT molecular complexity index is 769. The molecule has 0 spiro atoms. The summed E-state index contributed by atoms with van der Waals surface area (Å²) in [6.45, 7) is 3.93. The quantitative estimate of drug-likeness (QED) is 0.831. The zero-order chi connectivity index (χ0) is 18.6. The molecule has 1 heterocycles. The van der Waals surface area contributed by atoms with Gasteiger partial charge in [0.15, 0.2) is 0 Å². The Morgan fingerprint density at radius 2 is 2.04 bits per heavy atom. The minimum Gasteiger partial charge on any atom is -0.335 e. The zero-order valence-corrected chi connectivity index (χ0v) is 15.3. The van der Waals surface area contributed by atoms with Crippen LogP contribution >= 0.6 is 0 Å². The molecule has 2 amide bonds. The fourth-order valence-electron chi connectivity index (χ4n) is 2.61. The van der Waals surface area contributed by atoms with Crippen LogP contribution in [-0.4, -0.2) is 47.1 Å². The minimum absolute atomic E-state index is 0.0232. The fraction of sp³-hybridized carbons (Fsp3) is 0.389. The SMILES string of the molecule is CNC(C(=O)N(C)CC(=O)Nc1cccc(C)c1C)c1cnn(C)c1. The largest absolute Gasteiger partial charge is 0.335 e. The molecule has 0 bridgehead atoms. The highest BCUT2D eigenvalue weighted by Gasteiger charge is 2.24. The molecular formula is C18H25N5O2. The third kappa shape index (κ3) is 4.45. The van der Waals surface area contributed by atoms with E-state index in [9.17, 15) is 9.59 Å². The van der Waals surface area contributed by atoms with Gasteiger partial charge in [-0.25, -0.2) is 0 Å². The number of benzene rings is 1. The summed E-state index contributed by atoms with van der Waals surface area (Å²) in [5.41, 5.74) is 3.66. The first kappa shape index (κ1) is 18.7. The normalized spacial score (nSPS) is 11.9. The van der Waals surface area contributed by atoms with Crippen molar-refractivity contribution >= 4 is 17.5 Å².